The number of ether oxygens (including phenoxy) is 1. The Hall–Kier alpha value is -3.09. The zero-order valence-electron chi connectivity index (χ0n) is 17.2. The lowest BCUT2D eigenvalue weighted by molar-refractivity contribution is -0.142. The molecule has 154 valence electrons. The van der Waals surface area contributed by atoms with E-state index in [1.165, 1.54) is 12.0 Å². The van der Waals surface area contributed by atoms with Crippen molar-refractivity contribution in [1.82, 2.24) is 9.78 Å². The van der Waals surface area contributed by atoms with Gasteiger partial charge in [-0.1, -0.05) is 18.2 Å². The summed E-state index contributed by atoms with van der Waals surface area (Å²) in [6.45, 7) is 4.12. The monoisotopic (exact) mass is 396 g/mol. The molecule has 1 aromatic heterocycles. The molecule has 1 heterocycles. The third-order valence-electron chi connectivity index (χ3n) is 4.93. The van der Waals surface area contributed by atoms with Crippen LogP contribution in [-0.4, -0.2) is 28.4 Å². The van der Waals surface area contributed by atoms with Crippen molar-refractivity contribution in [1.29, 1.82) is 0 Å². The van der Waals surface area contributed by atoms with Crippen LogP contribution in [0.3, 0.4) is 0 Å². The number of nitrogens with one attached hydrogen (secondary N) is 2. The third-order valence-corrected chi connectivity index (χ3v) is 4.93. The molecule has 2 aromatic rings. The lowest BCUT2D eigenvalue weighted by Crippen LogP contribution is -2.22. The highest BCUT2D eigenvalue weighted by Gasteiger charge is 2.20. The molecule has 0 unspecified atom stereocenters. The molecule has 0 saturated carbocycles. The van der Waals surface area contributed by atoms with Gasteiger partial charge >= 0.3 is 12.0 Å². The third kappa shape index (κ3) is 5.25. The van der Waals surface area contributed by atoms with Gasteiger partial charge in [0.25, 0.3) is 0 Å². The van der Waals surface area contributed by atoms with Gasteiger partial charge in [0.2, 0.25) is 0 Å². The van der Waals surface area contributed by atoms with E-state index in [2.05, 4.69) is 21.8 Å². The Kier molecular flexibility index (Phi) is 6.69. The van der Waals surface area contributed by atoms with Crippen LogP contribution in [0.1, 0.15) is 49.4 Å². The number of nitrogens with zero attached hydrogens (tertiary/aromatic N) is 2. The Morgan fingerprint density at radius 3 is 2.59 bits per heavy atom. The topological polar surface area (TPSA) is 85.2 Å². The van der Waals surface area contributed by atoms with Gasteiger partial charge in [-0.3, -0.25) is 14.8 Å². The van der Waals surface area contributed by atoms with Crippen LogP contribution in [0, 0.1) is 6.92 Å². The van der Waals surface area contributed by atoms with Crippen LogP contribution in [0.2, 0.25) is 0 Å². The predicted molar refractivity (Wildman–Crippen MR) is 114 cm³/mol. The van der Waals surface area contributed by atoms with Gasteiger partial charge in [0, 0.05) is 18.3 Å². The first-order chi connectivity index (χ1) is 14.0. The van der Waals surface area contributed by atoms with Crippen molar-refractivity contribution in [2.24, 2.45) is 7.05 Å². The second-order valence-corrected chi connectivity index (χ2v) is 7.17. The Morgan fingerprint density at radius 1 is 1.17 bits per heavy atom. The number of hydrogen-bond acceptors (Lipinski definition) is 4. The van der Waals surface area contributed by atoms with E-state index in [9.17, 15) is 9.59 Å². The number of rotatable bonds is 6. The molecule has 0 spiro atoms. The van der Waals surface area contributed by atoms with Gasteiger partial charge in [-0.25, -0.2) is 4.79 Å². The number of carbonyl (C=O) groups is 2. The normalized spacial score (nSPS) is 13.6. The van der Waals surface area contributed by atoms with Gasteiger partial charge < -0.3 is 10.1 Å². The smallest absolute Gasteiger partial charge is 0.324 e. The van der Waals surface area contributed by atoms with Crippen molar-refractivity contribution < 1.29 is 14.3 Å². The molecular weight excluding hydrogens is 368 g/mol. The van der Waals surface area contributed by atoms with E-state index in [4.69, 9.17) is 4.74 Å². The second-order valence-electron chi connectivity index (χ2n) is 7.17. The summed E-state index contributed by atoms with van der Waals surface area (Å²) < 4.78 is 6.66. The fourth-order valence-electron chi connectivity index (χ4n) is 3.61. The zero-order chi connectivity index (χ0) is 20.8. The summed E-state index contributed by atoms with van der Waals surface area (Å²) in [7, 11) is 1.83. The van der Waals surface area contributed by atoms with E-state index in [0.717, 1.165) is 36.1 Å². The van der Waals surface area contributed by atoms with Crippen molar-refractivity contribution in [3.05, 3.63) is 47.2 Å². The number of carbonyl (C=O) groups excluding carboxylic acids is 2. The van der Waals surface area contributed by atoms with E-state index in [0.29, 0.717) is 18.1 Å². The number of amides is 2. The fraction of sp³-hybridized carbons (Fsp3) is 0.409. The van der Waals surface area contributed by atoms with Crippen molar-refractivity contribution in [3.8, 4) is 0 Å². The molecule has 0 saturated heterocycles. The first kappa shape index (κ1) is 20.6. The van der Waals surface area contributed by atoms with Crippen LogP contribution in [-0.2, 0) is 23.0 Å². The summed E-state index contributed by atoms with van der Waals surface area (Å²) in [6.07, 6.45) is 6.90. The number of urea groups is 1. The lowest BCUT2D eigenvalue weighted by atomic mass is 9.93. The second kappa shape index (κ2) is 9.41. The molecule has 1 aromatic carbocycles. The van der Waals surface area contributed by atoms with Crippen molar-refractivity contribution in [3.63, 3.8) is 0 Å². The minimum atomic E-state index is -0.330. The van der Waals surface area contributed by atoms with Crippen molar-refractivity contribution >= 4 is 29.1 Å². The number of hydrogen-bond donors (Lipinski definition) is 2. The molecule has 0 fully saturated rings. The predicted octanol–water partition coefficient (Wildman–Crippen LogP) is 4.44. The van der Waals surface area contributed by atoms with Crippen LogP contribution in [0.15, 0.2) is 30.3 Å². The van der Waals surface area contributed by atoms with E-state index < -0.39 is 0 Å². The summed E-state index contributed by atoms with van der Waals surface area (Å²) in [6, 6.07) is 6.82. The van der Waals surface area contributed by atoms with Crippen molar-refractivity contribution in [2.45, 2.75) is 46.0 Å². The summed E-state index contributed by atoms with van der Waals surface area (Å²) in [5, 5.41) is 10.3. The van der Waals surface area contributed by atoms with E-state index in [1.807, 2.05) is 14.0 Å². The molecule has 2 amide bonds. The van der Waals surface area contributed by atoms with Gasteiger partial charge in [-0.15, -0.1) is 0 Å². The zero-order valence-corrected chi connectivity index (χ0v) is 17.2. The van der Waals surface area contributed by atoms with Crippen LogP contribution in [0.4, 0.5) is 16.3 Å². The molecule has 7 heteroatoms. The maximum Gasteiger partial charge on any atom is 0.324 e. The van der Waals surface area contributed by atoms with Gasteiger partial charge in [-0.2, -0.15) is 5.10 Å². The Morgan fingerprint density at radius 2 is 1.93 bits per heavy atom. The lowest BCUT2D eigenvalue weighted by Gasteiger charge is -2.15. The summed E-state index contributed by atoms with van der Waals surface area (Å²) in [5.41, 5.74) is 4.67. The largest absolute Gasteiger partial charge is 0.466 e. The molecule has 2 N–H and O–H groups in total. The SMILES string of the molecule is CCOC(=O)Cc1ccc(NC(=O)Nc2c(C3=CCCCC3)c(C)nn2C)cc1. The average Bonchev–Trinajstić information content (AvgIpc) is 2.97. The average molecular weight is 396 g/mol. The number of benzene rings is 1. The van der Waals surface area contributed by atoms with Crippen LogP contribution in [0.25, 0.3) is 5.57 Å². The highest BCUT2D eigenvalue weighted by Crippen LogP contribution is 2.33. The van der Waals surface area contributed by atoms with Crippen LogP contribution >= 0.6 is 0 Å². The molecule has 1 aliphatic carbocycles. The summed E-state index contributed by atoms with van der Waals surface area (Å²) in [5.74, 6) is 0.439. The maximum absolute atomic E-state index is 12.6. The highest BCUT2D eigenvalue weighted by molar-refractivity contribution is 6.01. The maximum atomic E-state index is 12.6. The molecule has 0 radical (unpaired) electrons. The molecule has 3 rings (SSSR count). The molecule has 0 atom stereocenters. The Balaban J connectivity index is 1.67. The minimum Gasteiger partial charge on any atom is -0.466 e. The van der Waals surface area contributed by atoms with Gasteiger partial charge in [0.05, 0.1) is 18.7 Å². The summed E-state index contributed by atoms with van der Waals surface area (Å²) >= 11 is 0. The number of esters is 1. The molecule has 7 nitrogen and oxygen atoms in total. The first-order valence-electron chi connectivity index (χ1n) is 10.0. The van der Waals surface area contributed by atoms with E-state index >= 15 is 0 Å². The minimum absolute atomic E-state index is 0.215. The molecule has 0 bridgehead atoms. The van der Waals surface area contributed by atoms with Crippen molar-refractivity contribution in [2.75, 3.05) is 17.2 Å². The Bertz CT molecular complexity index is 913. The number of aromatic nitrogens is 2. The van der Waals surface area contributed by atoms with Gasteiger partial charge in [-0.05, 0) is 62.8 Å². The highest BCUT2D eigenvalue weighted by atomic mass is 16.5. The number of allylic oxidation sites excluding steroid dienone is 2. The number of aryl methyl sites for hydroxylation is 2. The quantitative estimate of drug-likeness (QED) is 0.707. The van der Waals surface area contributed by atoms with E-state index in [1.54, 1.807) is 35.9 Å². The van der Waals surface area contributed by atoms with Gasteiger partial charge in [0.1, 0.15) is 5.82 Å². The fourth-order valence-corrected chi connectivity index (χ4v) is 3.61. The van der Waals surface area contributed by atoms with Crippen LogP contribution in [0.5, 0.6) is 0 Å². The standard InChI is InChI=1S/C22H28N4O3/c1-4-29-19(27)14-16-10-12-18(13-11-16)23-22(28)24-21-20(15(2)25-26(21)3)17-8-6-5-7-9-17/h8,10-13H,4-7,9,14H2,1-3H3,(H2,23,24,28). The Labute approximate surface area is 171 Å². The molecule has 0 aliphatic heterocycles. The molecular formula is C22H28N4O3. The van der Waals surface area contributed by atoms with E-state index in [-0.39, 0.29) is 18.4 Å². The number of anilines is 2. The summed E-state index contributed by atoms with van der Waals surface area (Å²) in [4.78, 5) is 24.1. The van der Waals surface area contributed by atoms with Gasteiger partial charge in [0.15, 0.2) is 0 Å². The first-order valence-corrected chi connectivity index (χ1v) is 10.0. The molecule has 29 heavy (non-hydrogen) atoms. The molecule has 1 aliphatic rings. The van der Waals surface area contributed by atoms with Crippen LogP contribution < -0.4 is 10.6 Å².